The first kappa shape index (κ1) is 4.27. The summed E-state index contributed by atoms with van der Waals surface area (Å²) in [5, 5.41) is 0. The predicted molar refractivity (Wildman–Crippen MR) is 51.5 cm³/mol. The van der Waals surface area contributed by atoms with Crippen LogP contribution < -0.4 is 0 Å². The third-order valence-corrected chi connectivity index (χ3v) is 2.08. The molecule has 0 spiro atoms. The van der Waals surface area contributed by atoms with E-state index in [9.17, 15) is 0 Å². The second-order valence-corrected chi connectivity index (χ2v) is 3.53. The second-order valence-electron chi connectivity index (χ2n) is 1.82. The highest BCUT2D eigenvalue weighted by Crippen LogP contribution is 2.22. The molecule has 0 aliphatic heterocycles. The minimum Gasteiger partial charge on any atom is -0.0842 e. The number of benzene rings is 1. The molecule has 1 atom stereocenters. The molecule has 0 fully saturated rings. The summed E-state index contributed by atoms with van der Waals surface area (Å²) in [4.78, 5) is -1.74. The van der Waals surface area contributed by atoms with Crippen LogP contribution in [0.3, 0.4) is 0 Å². The largest absolute Gasteiger partial charge is 0.0842 e. The lowest BCUT2D eigenvalue weighted by Gasteiger charge is -2.01. The normalized spacial score (nSPS) is 23.4. The minimum absolute atomic E-state index is 0.417. The fraction of sp³-hybridized carbons (Fsp3) is 0.250. The van der Waals surface area contributed by atoms with Crippen LogP contribution in [0.25, 0.3) is 0 Å². The van der Waals surface area contributed by atoms with Crippen molar-refractivity contribution in [2.24, 2.45) is 0 Å². The molecule has 2 heteroatoms. The highest BCUT2D eigenvalue weighted by Gasteiger charge is 1.97. The highest BCUT2D eigenvalue weighted by atomic mass is 79.9. The molecule has 1 rings (SSSR count). The second kappa shape index (κ2) is 3.54. The third kappa shape index (κ3) is 2.10. The van der Waals surface area contributed by atoms with E-state index in [-0.39, 0.29) is 0 Å². The van der Waals surface area contributed by atoms with Crippen molar-refractivity contribution in [3.05, 3.63) is 34.3 Å². The smallest absolute Gasteiger partial charge is 0.0470 e. The van der Waals surface area contributed by atoms with Crippen LogP contribution in [0.4, 0.5) is 0 Å². The van der Waals surface area contributed by atoms with E-state index >= 15 is 0 Å². The Morgan fingerprint density at radius 1 is 1.50 bits per heavy atom. The van der Waals surface area contributed by atoms with Gasteiger partial charge in [-0.05, 0) is 24.5 Å². The standard InChI is InChI=1S/C8H8Br2/c1-6(9)7-2-4-8(10)5-3-7/h2-6H,1H3/i1D3,6D. The molecule has 0 aliphatic rings. The number of alkyl halides is 1. The summed E-state index contributed by atoms with van der Waals surface area (Å²) in [5.41, 5.74) is 0.417. The van der Waals surface area contributed by atoms with Gasteiger partial charge in [0.1, 0.15) is 0 Å². The van der Waals surface area contributed by atoms with Gasteiger partial charge in [0.25, 0.3) is 0 Å². The van der Waals surface area contributed by atoms with E-state index in [2.05, 4.69) is 31.9 Å². The molecule has 0 saturated carbocycles. The van der Waals surface area contributed by atoms with Gasteiger partial charge < -0.3 is 0 Å². The zero-order valence-corrected chi connectivity index (χ0v) is 8.24. The van der Waals surface area contributed by atoms with E-state index in [0.717, 1.165) is 4.47 Å². The van der Waals surface area contributed by atoms with Crippen molar-refractivity contribution in [1.82, 2.24) is 0 Å². The van der Waals surface area contributed by atoms with Gasteiger partial charge in [-0.15, -0.1) is 0 Å². The van der Waals surface area contributed by atoms with Crippen LogP contribution in [0, 0.1) is 0 Å². The zero-order chi connectivity index (χ0) is 11.0. The van der Waals surface area contributed by atoms with Gasteiger partial charge in [-0.1, -0.05) is 44.0 Å². The van der Waals surface area contributed by atoms with Gasteiger partial charge in [-0.2, -0.15) is 0 Å². The zero-order valence-electron chi connectivity index (χ0n) is 9.07. The molecule has 0 radical (unpaired) electrons. The van der Waals surface area contributed by atoms with Crippen molar-refractivity contribution >= 4 is 31.9 Å². The van der Waals surface area contributed by atoms with Crippen LogP contribution in [-0.4, -0.2) is 0 Å². The maximum Gasteiger partial charge on any atom is 0.0470 e. The highest BCUT2D eigenvalue weighted by molar-refractivity contribution is 9.10. The van der Waals surface area contributed by atoms with E-state index in [0.29, 0.717) is 5.56 Å². The summed E-state index contributed by atoms with van der Waals surface area (Å²) < 4.78 is 30.2. The van der Waals surface area contributed by atoms with Crippen molar-refractivity contribution in [1.29, 1.82) is 0 Å². The van der Waals surface area contributed by atoms with Crippen LogP contribution in [0.2, 0.25) is 0 Å². The van der Waals surface area contributed by atoms with Gasteiger partial charge in [-0.25, -0.2) is 0 Å². The van der Waals surface area contributed by atoms with Gasteiger partial charge in [0.05, 0.1) is 0 Å². The molecule has 54 valence electrons. The average Bonchev–Trinajstić information content (AvgIpc) is 2.03. The number of halogens is 2. The van der Waals surface area contributed by atoms with Crippen molar-refractivity contribution in [2.75, 3.05) is 0 Å². The molecule has 0 amide bonds. The van der Waals surface area contributed by atoms with Crippen LogP contribution >= 0.6 is 31.9 Å². The lowest BCUT2D eigenvalue weighted by atomic mass is 10.2. The Bertz CT molecular complexity index is 315. The Labute approximate surface area is 83.5 Å². The molecule has 10 heavy (non-hydrogen) atoms. The molecular formula is C8H8Br2. The number of hydrogen-bond donors (Lipinski definition) is 0. The Morgan fingerprint density at radius 2 is 2.10 bits per heavy atom. The molecule has 0 saturated heterocycles. The lowest BCUT2D eigenvalue weighted by Crippen LogP contribution is -1.80. The summed E-state index contributed by atoms with van der Waals surface area (Å²) in [6.07, 6.45) is 0. The molecule has 0 N–H and O–H groups in total. The molecule has 0 heterocycles. The number of rotatable bonds is 1. The van der Waals surface area contributed by atoms with E-state index < -0.39 is 11.7 Å². The summed E-state index contributed by atoms with van der Waals surface area (Å²) in [6, 6.07) is 6.65. The Kier molecular flexibility index (Phi) is 1.51. The first-order chi connectivity index (χ1) is 6.25. The summed E-state index contributed by atoms with van der Waals surface area (Å²) in [6.45, 7) is -2.39. The minimum atomic E-state index is -2.39. The molecule has 0 bridgehead atoms. The Morgan fingerprint density at radius 3 is 2.60 bits per heavy atom. The molecule has 0 aromatic heterocycles. The van der Waals surface area contributed by atoms with Gasteiger partial charge in [0.15, 0.2) is 0 Å². The first-order valence-electron chi connectivity index (χ1n) is 4.70. The molecule has 1 aromatic carbocycles. The van der Waals surface area contributed by atoms with Crippen molar-refractivity contribution in [3.63, 3.8) is 0 Å². The first-order valence-corrected chi connectivity index (χ1v) is 4.29. The van der Waals surface area contributed by atoms with Crippen LogP contribution in [-0.2, 0) is 0 Å². The molecule has 0 aliphatic carbocycles. The Hall–Kier alpha value is 0.180. The fourth-order valence-electron chi connectivity index (χ4n) is 0.596. The molecule has 0 nitrogen and oxygen atoms in total. The van der Waals surface area contributed by atoms with E-state index in [1.165, 1.54) is 0 Å². The summed E-state index contributed by atoms with van der Waals surface area (Å²) in [7, 11) is 0. The van der Waals surface area contributed by atoms with E-state index in [4.69, 9.17) is 5.48 Å². The van der Waals surface area contributed by atoms with E-state index in [1.807, 2.05) is 0 Å². The molecule has 1 unspecified atom stereocenters. The monoisotopic (exact) mass is 266 g/mol. The summed E-state index contributed by atoms with van der Waals surface area (Å²) in [5.74, 6) is 0. The molecular weight excluding hydrogens is 256 g/mol. The van der Waals surface area contributed by atoms with Gasteiger partial charge >= 0.3 is 0 Å². The fourth-order valence-corrected chi connectivity index (χ4v) is 1.12. The van der Waals surface area contributed by atoms with Crippen molar-refractivity contribution < 1.29 is 5.48 Å². The average molecular weight is 268 g/mol. The molecule has 1 aromatic rings. The van der Waals surface area contributed by atoms with Crippen molar-refractivity contribution in [3.8, 4) is 0 Å². The van der Waals surface area contributed by atoms with Gasteiger partial charge in [0.2, 0.25) is 0 Å². The SMILES string of the molecule is [2H]C([2H])([2H])C([2H])(Br)c1ccc(Br)cc1. The third-order valence-electron chi connectivity index (χ3n) is 1.10. The topological polar surface area (TPSA) is 0 Å². The number of hydrogen-bond acceptors (Lipinski definition) is 0. The van der Waals surface area contributed by atoms with Crippen LogP contribution in [0.5, 0.6) is 0 Å². The van der Waals surface area contributed by atoms with Crippen molar-refractivity contribution in [2.45, 2.75) is 11.7 Å². The predicted octanol–water partition coefficient (Wildman–Crippen LogP) is 3.91. The van der Waals surface area contributed by atoms with Gasteiger partial charge in [0, 0.05) is 14.8 Å². The summed E-state index contributed by atoms with van der Waals surface area (Å²) >= 11 is 6.17. The van der Waals surface area contributed by atoms with Gasteiger partial charge in [-0.3, -0.25) is 0 Å². The quantitative estimate of drug-likeness (QED) is 0.677. The maximum atomic E-state index is 7.73. The Balaban J connectivity index is 3.10. The van der Waals surface area contributed by atoms with E-state index in [1.54, 1.807) is 24.3 Å². The maximum absolute atomic E-state index is 7.73. The van der Waals surface area contributed by atoms with Crippen LogP contribution in [0.15, 0.2) is 28.7 Å². The lowest BCUT2D eigenvalue weighted by molar-refractivity contribution is 1.12. The van der Waals surface area contributed by atoms with Crippen LogP contribution in [0.1, 0.15) is 22.7 Å².